The van der Waals surface area contributed by atoms with Crippen LogP contribution in [0.1, 0.15) is 23.7 Å². The van der Waals surface area contributed by atoms with Crippen molar-refractivity contribution < 1.29 is 9.26 Å². The molecule has 1 aromatic heterocycles. The summed E-state index contributed by atoms with van der Waals surface area (Å²) >= 11 is 0. The van der Waals surface area contributed by atoms with Crippen LogP contribution in [0.3, 0.4) is 0 Å². The first kappa shape index (κ1) is 13.1. The van der Waals surface area contributed by atoms with Crippen molar-refractivity contribution in [2.24, 2.45) is 5.92 Å². The average Bonchev–Trinajstić information content (AvgIpc) is 3.11. The van der Waals surface area contributed by atoms with Crippen molar-refractivity contribution in [2.75, 3.05) is 18.9 Å². The van der Waals surface area contributed by atoms with E-state index in [1.54, 1.807) is 0 Å². The number of anilines is 1. The van der Waals surface area contributed by atoms with Crippen LogP contribution in [-0.4, -0.2) is 23.4 Å². The van der Waals surface area contributed by atoms with E-state index in [1.165, 1.54) is 5.56 Å². The van der Waals surface area contributed by atoms with Crippen LogP contribution in [0.15, 0.2) is 28.8 Å². The first-order valence-corrected chi connectivity index (χ1v) is 7.03. The van der Waals surface area contributed by atoms with E-state index in [2.05, 4.69) is 10.1 Å². The Labute approximate surface area is 118 Å². The summed E-state index contributed by atoms with van der Waals surface area (Å²) in [5, 5.41) is 4.04. The van der Waals surface area contributed by atoms with Gasteiger partial charge in [-0.05, 0) is 36.5 Å². The summed E-state index contributed by atoms with van der Waals surface area (Å²) in [5.41, 5.74) is 7.67. The van der Waals surface area contributed by atoms with Crippen LogP contribution in [0.2, 0.25) is 0 Å². The van der Waals surface area contributed by atoms with Gasteiger partial charge < -0.3 is 15.0 Å². The van der Waals surface area contributed by atoms with Gasteiger partial charge in [0.25, 0.3) is 0 Å². The van der Waals surface area contributed by atoms with Gasteiger partial charge in [0.05, 0.1) is 0 Å². The fourth-order valence-corrected chi connectivity index (χ4v) is 2.41. The molecule has 1 aromatic carbocycles. The predicted molar refractivity (Wildman–Crippen MR) is 75.2 cm³/mol. The van der Waals surface area contributed by atoms with Crippen LogP contribution in [0.25, 0.3) is 0 Å². The van der Waals surface area contributed by atoms with Gasteiger partial charge in [-0.25, -0.2) is 0 Å². The Hall–Kier alpha value is -1.88. The molecule has 0 radical (unpaired) electrons. The van der Waals surface area contributed by atoms with Gasteiger partial charge >= 0.3 is 0 Å². The fraction of sp³-hybridized carbons (Fsp3) is 0.467. The normalized spacial score (nSPS) is 18.5. The quantitative estimate of drug-likeness (QED) is 0.844. The lowest BCUT2D eigenvalue weighted by atomic mass is 10.1. The van der Waals surface area contributed by atoms with Gasteiger partial charge in [0.15, 0.2) is 5.82 Å². The smallest absolute Gasteiger partial charge is 0.226 e. The van der Waals surface area contributed by atoms with Crippen molar-refractivity contribution in [3.05, 3.63) is 41.5 Å². The van der Waals surface area contributed by atoms with Crippen molar-refractivity contribution in [3.8, 4) is 0 Å². The third-order valence-electron chi connectivity index (χ3n) is 3.61. The molecule has 1 atom stereocenters. The number of nitrogens with two attached hydrogens (primary N) is 1. The second-order valence-corrected chi connectivity index (χ2v) is 5.28. The molecule has 2 N–H and O–H groups in total. The third kappa shape index (κ3) is 3.36. The first-order valence-electron chi connectivity index (χ1n) is 7.03. The summed E-state index contributed by atoms with van der Waals surface area (Å²) in [6.07, 6.45) is 3.59. The van der Waals surface area contributed by atoms with Crippen LogP contribution in [0, 0.1) is 5.92 Å². The van der Waals surface area contributed by atoms with E-state index in [4.69, 9.17) is 15.0 Å². The highest BCUT2D eigenvalue weighted by Crippen LogP contribution is 2.17. The number of ether oxygens (including phenoxy) is 1. The number of hydrogen-bond acceptors (Lipinski definition) is 5. The maximum absolute atomic E-state index is 5.66. The van der Waals surface area contributed by atoms with Crippen LogP contribution >= 0.6 is 0 Å². The molecule has 2 heterocycles. The van der Waals surface area contributed by atoms with E-state index >= 15 is 0 Å². The number of aryl methyl sites for hydroxylation is 2. The van der Waals surface area contributed by atoms with Crippen molar-refractivity contribution in [2.45, 2.75) is 25.7 Å². The van der Waals surface area contributed by atoms with Gasteiger partial charge in [-0.3, -0.25) is 0 Å². The molecule has 5 nitrogen and oxygen atoms in total. The molecule has 1 saturated heterocycles. The van der Waals surface area contributed by atoms with Crippen molar-refractivity contribution in [1.82, 2.24) is 10.1 Å². The van der Waals surface area contributed by atoms with E-state index in [0.29, 0.717) is 11.8 Å². The minimum absolute atomic E-state index is 0.539. The lowest BCUT2D eigenvalue weighted by molar-refractivity contribution is 0.185. The molecule has 20 heavy (non-hydrogen) atoms. The number of hydrogen-bond donors (Lipinski definition) is 1. The second kappa shape index (κ2) is 6.05. The Bertz CT molecular complexity index is 545. The summed E-state index contributed by atoms with van der Waals surface area (Å²) in [6.45, 7) is 1.67. The number of aromatic nitrogens is 2. The van der Waals surface area contributed by atoms with E-state index in [1.807, 2.05) is 24.3 Å². The molecule has 106 valence electrons. The summed E-state index contributed by atoms with van der Waals surface area (Å²) in [7, 11) is 0. The largest absolute Gasteiger partial charge is 0.399 e. The zero-order chi connectivity index (χ0) is 13.8. The first-order chi connectivity index (χ1) is 9.79. The van der Waals surface area contributed by atoms with Crippen LogP contribution in [-0.2, 0) is 24.0 Å². The lowest BCUT2D eigenvalue weighted by Gasteiger charge is -2.01. The average molecular weight is 273 g/mol. The highest BCUT2D eigenvalue weighted by Gasteiger charge is 2.18. The number of rotatable bonds is 5. The molecule has 0 amide bonds. The van der Waals surface area contributed by atoms with Gasteiger partial charge in [-0.2, -0.15) is 4.98 Å². The summed E-state index contributed by atoms with van der Waals surface area (Å²) < 4.78 is 10.6. The van der Waals surface area contributed by atoms with Gasteiger partial charge in [-0.1, -0.05) is 17.3 Å². The van der Waals surface area contributed by atoms with E-state index in [9.17, 15) is 0 Å². The van der Waals surface area contributed by atoms with Crippen molar-refractivity contribution in [3.63, 3.8) is 0 Å². The Morgan fingerprint density at radius 2 is 2.05 bits per heavy atom. The maximum Gasteiger partial charge on any atom is 0.226 e. The molecular weight excluding hydrogens is 254 g/mol. The maximum atomic E-state index is 5.66. The fourth-order valence-electron chi connectivity index (χ4n) is 2.41. The summed E-state index contributed by atoms with van der Waals surface area (Å²) in [4.78, 5) is 4.45. The van der Waals surface area contributed by atoms with Gasteiger partial charge in [-0.15, -0.1) is 0 Å². The molecule has 1 aliphatic rings. The highest BCUT2D eigenvalue weighted by molar-refractivity contribution is 5.39. The highest BCUT2D eigenvalue weighted by atomic mass is 16.5. The molecule has 0 spiro atoms. The minimum atomic E-state index is 0.539. The van der Waals surface area contributed by atoms with Crippen LogP contribution in [0.4, 0.5) is 5.69 Å². The van der Waals surface area contributed by atoms with Crippen molar-refractivity contribution >= 4 is 5.69 Å². The lowest BCUT2D eigenvalue weighted by Crippen LogP contribution is -2.05. The SMILES string of the molecule is Nc1ccc(CCc2nc(CC3CCOC3)no2)cc1. The summed E-state index contributed by atoms with van der Waals surface area (Å²) in [6, 6.07) is 7.88. The summed E-state index contributed by atoms with van der Waals surface area (Å²) in [5.74, 6) is 2.04. The molecular formula is C15H19N3O2. The zero-order valence-corrected chi connectivity index (χ0v) is 11.4. The molecule has 2 aromatic rings. The molecule has 1 aliphatic heterocycles. The number of nitrogens with zero attached hydrogens (tertiary/aromatic N) is 2. The molecule has 1 unspecified atom stereocenters. The van der Waals surface area contributed by atoms with E-state index < -0.39 is 0 Å². The predicted octanol–water partition coefficient (Wildman–Crippen LogP) is 2.02. The number of benzene rings is 1. The van der Waals surface area contributed by atoms with E-state index in [-0.39, 0.29) is 0 Å². The Morgan fingerprint density at radius 3 is 2.80 bits per heavy atom. The molecule has 0 saturated carbocycles. The topological polar surface area (TPSA) is 74.2 Å². The zero-order valence-electron chi connectivity index (χ0n) is 11.4. The Morgan fingerprint density at radius 1 is 1.20 bits per heavy atom. The second-order valence-electron chi connectivity index (χ2n) is 5.28. The van der Waals surface area contributed by atoms with E-state index in [0.717, 1.165) is 50.4 Å². The standard InChI is InChI=1S/C15H19N3O2/c16-13-4-1-11(2-5-13)3-6-15-17-14(18-20-15)9-12-7-8-19-10-12/h1-2,4-5,12H,3,6-10,16H2. The van der Waals surface area contributed by atoms with Gasteiger partial charge in [0, 0.05) is 31.7 Å². The molecule has 5 heteroatoms. The van der Waals surface area contributed by atoms with Crippen LogP contribution in [0.5, 0.6) is 0 Å². The molecule has 0 bridgehead atoms. The molecule has 3 rings (SSSR count). The van der Waals surface area contributed by atoms with Gasteiger partial charge in [0.1, 0.15) is 0 Å². The molecule has 1 fully saturated rings. The van der Waals surface area contributed by atoms with Crippen molar-refractivity contribution in [1.29, 1.82) is 0 Å². The molecule has 0 aliphatic carbocycles. The van der Waals surface area contributed by atoms with Crippen LogP contribution < -0.4 is 5.73 Å². The third-order valence-corrected chi connectivity index (χ3v) is 3.61. The monoisotopic (exact) mass is 273 g/mol. The Balaban J connectivity index is 1.52. The Kier molecular flexibility index (Phi) is 3.97. The minimum Gasteiger partial charge on any atom is -0.399 e. The number of nitrogen functional groups attached to an aromatic ring is 1. The van der Waals surface area contributed by atoms with Gasteiger partial charge in [0.2, 0.25) is 5.89 Å².